The SMILES string of the molecule is C[C@H]1CN([C@@H](C#N)c2cccc(O)c2)CCO1. The molecule has 1 aliphatic rings. The van der Waals surface area contributed by atoms with E-state index in [1.807, 2.05) is 13.0 Å². The number of phenols is 1. The largest absolute Gasteiger partial charge is 0.508 e. The van der Waals surface area contributed by atoms with Gasteiger partial charge in [-0.25, -0.2) is 0 Å². The first kappa shape index (κ1) is 11.9. The molecule has 90 valence electrons. The smallest absolute Gasteiger partial charge is 0.124 e. The summed E-state index contributed by atoms with van der Waals surface area (Å²) in [5.41, 5.74) is 0.835. The Morgan fingerprint density at radius 3 is 3.06 bits per heavy atom. The zero-order valence-corrected chi connectivity index (χ0v) is 9.84. The molecule has 1 aromatic rings. The molecule has 2 rings (SSSR count). The standard InChI is InChI=1S/C13H16N2O2/c1-10-9-15(5-6-17-10)13(8-14)11-3-2-4-12(16)7-11/h2-4,7,10,13,16H,5-6,9H2,1H3/t10-,13-/m0/s1. The molecule has 0 saturated carbocycles. The molecule has 4 heteroatoms. The molecular formula is C13H16N2O2. The molecule has 17 heavy (non-hydrogen) atoms. The number of phenolic OH excluding ortho intramolecular Hbond substituents is 1. The first-order valence-corrected chi connectivity index (χ1v) is 5.75. The Hall–Kier alpha value is -1.57. The maximum absolute atomic E-state index is 9.46. The first-order valence-electron chi connectivity index (χ1n) is 5.75. The molecule has 0 aromatic heterocycles. The fourth-order valence-electron chi connectivity index (χ4n) is 2.14. The van der Waals surface area contributed by atoms with Crippen LogP contribution in [0, 0.1) is 11.3 Å². The Kier molecular flexibility index (Phi) is 3.62. The number of aromatic hydroxyl groups is 1. The molecule has 1 saturated heterocycles. The van der Waals surface area contributed by atoms with Crippen LogP contribution in [0.15, 0.2) is 24.3 Å². The van der Waals surface area contributed by atoms with E-state index >= 15 is 0 Å². The molecule has 0 bridgehead atoms. The van der Waals surface area contributed by atoms with Crippen molar-refractivity contribution in [2.75, 3.05) is 19.7 Å². The normalized spacial score (nSPS) is 22.9. The van der Waals surface area contributed by atoms with Crippen LogP contribution < -0.4 is 0 Å². The molecule has 0 radical (unpaired) electrons. The molecule has 0 amide bonds. The van der Waals surface area contributed by atoms with E-state index in [0.717, 1.165) is 18.7 Å². The summed E-state index contributed by atoms with van der Waals surface area (Å²) in [6, 6.07) is 8.87. The van der Waals surface area contributed by atoms with Gasteiger partial charge in [-0.2, -0.15) is 5.26 Å². The van der Waals surface area contributed by atoms with Crippen molar-refractivity contribution in [1.82, 2.24) is 4.90 Å². The van der Waals surface area contributed by atoms with Crippen molar-refractivity contribution < 1.29 is 9.84 Å². The zero-order chi connectivity index (χ0) is 12.3. The lowest BCUT2D eigenvalue weighted by Crippen LogP contribution is -2.42. The Labute approximate surface area is 101 Å². The highest BCUT2D eigenvalue weighted by molar-refractivity contribution is 5.32. The lowest BCUT2D eigenvalue weighted by atomic mass is 10.1. The highest BCUT2D eigenvalue weighted by Gasteiger charge is 2.25. The van der Waals surface area contributed by atoms with Crippen LogP contribution in [-0.4, -0.2) is 35.8 Å². The van der Waals surface area contributed by atoms with E-state index in [1.54, 1.807) is 18.2 Å². The molecule has 1 heterocycles. The number of ether oxygens (including phenoxy) is 1. The van der Waals surface area contributed by atoms with Crippen molar-refractivity contribution in [3.8, 4) is 11.8 Å². The summed E-state index contributed by atoms with van der Waals surface area (Å²) >= 11 is 0. The minimum atomic E-state index is -0.312. The van der Waals surface area contributed by atoms with E-state index in [-0.39, 0.29) is 17.9 Å². The lowest BCUT2D eigenvalue weighted by molar-refractivity contribution is -0.0269. The summed E-state index contributed by atoms with van der Waals surface area (Å²) in [6.45, 7) is 4.15. The second-order valence-corrected chi connectivity index (χ2v) is 4.30. The average molecular weight is 232 g/mol. The summed E-state index contributed by atoms with van der Waals surface area (Å²) in [4.78, 5) is 2.09. The fraction of sp³-hybridized carbons (Fsp3) is 0.462. The van der Waals surface area contributed by atoms with Gasteiger partial charge >= 0.3 is 0 Å². The van der Waals surface area contributed by atoms with Gasteiger partial charge in [-0.05, 0) is 24.6 Å². The van der Waals surface area contributed by atoms with Crippen molar-refractivity contribution in [1.29, 1.82) is 5.26 Å². The maximum Gasteiger partial charge on any atom is 0.124 e. The predicted octanol–water partition coefficient (Wildman–Crippen LogP) is 1.68. The number of morpholine rings is 1. The highest BCUT2D eigenvalue weighted by atomic mass is 16.5. The Morgan fingerprint density at radius 2 is 2.41 bits per heavy atom. The summed E-state index contributed by atoms with van der Waals surface area (Å²) in [5.74, 6) is 0.198. The average Bonchev–Trinajstić information content (AvgIpc) is 2.30. The van der Waals surface area contributed by atoms with Crippen molar-refractivity contribution in [2.24, 2.45) is 0 Å². The molecule has 2 atom stereocenters. The van der Waals surface area contributed by atoms with Gasteiger partial charge in [-0.1, -0.05) is 12.1 Å². The van der Waals surface area contributed by atoms with Crippen molar-refractivity contribution in [3.63, 3.8) is 0 Å². The van der Waals surface area contributed by atoms with Crippen LogP contribution in [0.25, 0.3) is 0 Å². The molecule has 0 spiro atoms. The van der Waals surface area contributed by atoms with Crippen molar-refractivity contribution in [2.45, 2.75) is 19.1 Å². The molecular weight excluding hydrogens is 216 g/mol. The van der Waals surface area contributed by atoms with Gasteiger partial charge in [0.1, 0.15) is 11.8 Å². The van der Waals surface area contributed by atoms with Crippen LogP contribution in [0.3, 0.4) is 0 Å². The van der Waals surface area contributed by atoms with Crippen LogP contribution in [0.5, 0.6) is 5.75 Å². The first-order chi connectivity index (χ1) is 8.20. The van der Waals surface area contributed by atoms with Gasteiger partial charge in [-0.3, -0.25) is 4.90 Å². The summed E-state index contributed by atoms with van der Waals surface area (Å²) in [5, 5.41) is 18.7. The summed E-state index contributed by atoms with van der Waals surface area (Å²) in [6.07, 6.45) is 0.150. The topological polar surface area (TPSA) is 56.5 Å². The third-order valence-corrected chi connectivity index (χ3v) is 2.95. The number of rotatable bonds is 2. The van der Waals surface area contributed by atoms with E-state index in [2.05, 4.69) is 11.0 Å². The number of hydrogen-bond donors (Lipinski definition) is 1. The maximum atomic E-state index is 9.46. The fourth-order valence-corrected chi connectivity index (χ4v) is 2.14. The van der Waals surface area contributed by atoms with Crippen molar-refractivity contribution >= 4 is 0 Å². The molecule has 4 nitrogen and oxygen atoms in total. The Bertz CT molecular complexity index is 428. The third-order valence-electron chi connectivity index (χ3n) is 2.95. The van der Waals surface area contributed by atoms with Crippen LogP contribution in [0.1, 0.15) is 18.5 Å². The highest BCUT2D eigenvalue weighted by Crippen LogP contribution is 2.24. The third kappa shape index (κ3) is 2.76. The minimum absolute atomic E-state index is 0.150. The monoisotopic (exact) mass is 232 g/mol. The number of nitrogens with zero attached hydrogens (tertiary/aromatic N) is 2. The molecule has 1 aromatic carbocycles. The van der Waals surface area contributed by atoms with Crippen LogP contribution >= 0.6 is 0 Å². The van der Waals surface area contributed by atoms with E-state index in [4.69, 9.17) is 4.74 Å². The van der Waals surface area contributed by atoms with Gasteiger partial charge in [-0.15, -0.1) is 0 Å². The number of benzene rings is 1. The quantitative estimate of drug-likeness (QED) is 0.842. The predicted molar refractivity (Wildman–Crippen MR) is 63.4 cm³/mol. The summed E-state index contributed by atoms with van der Waals surface area (Å²) in [7, 11) is 0. The molecule has 1 aliphatic heterocycles. The van der Waals surface area contributed by atoms with Gasteiger partial charge in [0.05, 0.1) is 18.8 Å². The number of hydrogen-bond acceptors (Lipinski definition) is 4. The van der Waals surface area contributed by atoms with Crippen LogP contribution in [-0.2, 0) is 4.74 Å². The van der Waals surface area contributed by atoms with Crippen LogP contribution in [0.2, 0.25) is 0 Å². The van der Waals surface area contributed by atoms with E-state index < -0.39 is 0 Å². The Balaban J connectivity index is 2.19. The van der Waals surface area contributed by atoms with Gasteiger partial charge in [0.15, 0.2) is 0 Å². The zero-order valence-electron chi connectivity index (χ0n) is 9.84. The summed E-state index contributed by atoms with van der Waals surface area (Å²) < 4.78 is 5.46. The molecule has 1 N–H and O–H groups in total. The van der Waals surface area contributed by atoms with Gasteiger partial charge in [0, 0.05) is 13.1 Å². The minimum Gasteiger partial charge on any atom is -0.508 e. The van der Waals surface area contributed by atoms with Gasteiger partial charge in [0.2, 0.25) is 0 Å². The lowest BCUT2D eigenvalue weighted by Gasteiger charge is -2.34. The van der Waals surface area contributed by atoms with Gasteiger partial charge in [0.25, 0.3) is 0 Å². The van der Waals surface area contributed by atoms with E-state index in [1.165, 1.54) is 0 Å². The van der Waals surface area contributed by atoms with Crippen LogP contribution in [0.4, 0.5) is 0 Å². The van der Waals surface area contributed by atoms with Crippen molar-refractivity contribution in [3.05, 3.63) is 29.8 Å². The van der Waals surface area contributed by atoms with E-state index in [0.29, 0.717) is 6.61 Å². The second-order valence-electron chi connectivity index (χ2n) is 4.30. The molecule has 0 aliphatic carbocycles. The number of nitriles is 1. The second kappa shape index (κ2) is 5.17. The van der Waals surface area contributed by atoms with E-state index in [9.17, 15) is 10.4 Å². The van der Waals surface area contributed by atoms with Gasteiger partial charge < -0.3 is 9.84 Å². The Morgan fingerprint density at radius 1 is 1.59 bits per heavy atom. The molecule has 0 unspecified atom stereocenters. The molecule has 1 fully saturated rings.